The van der Waals surface area contributed by atoms with Gasteiger partial charge in [0.1, 0.15) is 0 Å². The van der Waals surface area contributed by atoms with Crippen LogP contribution < -0.4 is 0 Å². The third kappa shape index (κ3) is 5.46. The molecular weight excluding hydrogens is 240 g/mol. The van der Waals surface area contributed by atoms with Crippen molar-refractivity contribution in [2.75, 3.05) is 0 Å². The second-order valence-electron chi connectivity index (χ2n) is 9.28. The highest BCUT2D eigenvalue weighted by Gasteiger charge is 2.29. The minimum Gasteiger partial charge on any atom is -0.0873 e. The van der Waals surface area contributed by atoms with Crippen molar-refractivity contribution in [3.05, 3.63) is 24.3 Å². The third-order valence-corrected chi connectivity index (χ3v) is 4.57. The molecule has 116 valence electrons. The molecule has 0 bridgehead atoms. The van der Waals surface area contributed by atoms with E-state index in [9.17, 15) is 0 Å². The number of hydrogen-bond acceptors (Lipinski definition) is 0. The van der Waals surface area contributed by atoms with Gasteiger partial charge in [0.15, 0.2) is 0 Å². The van der Waals surface area contributed by atoms with E-state index in [1.807, 2.05) is 0 Å². The van der Waals surface area contributed by atoms with Crippen LogP contribution in [0.5, 0.6) is 0 Å². The summed E-state index contributed by atoms with van der Waals surface area (Å²) in [5, 5.41) is 0. The highest BCUT2D eigenvalue weighted by Crippen LogP contribution is 2.39. The van der Waals surface area contributed by atoms with Crippen molar-refractivity contribution in [3.63, 3.8) is 0 Å². The second kappa shape index (κ2) is 6.50. The lowest BCUT2D eigenvalue weighted by atomic mass is 9.72. The molecule has 1 rings (SSSR count). The lowest BCUT2D eigenvalue weighted by molar-refractivity contribution is 0.196. The van der Waals surface area contributed by atoms with E-state index in [0.717, 1.165) is 11.8 Å². The molecule has 0 saturated carbocycles. The summed E-state index contributed by atoms with van der Waals surface area (Å²) in [6.07, 6.45) is 12.4. The quantitative estimate of drug-likeness (QED) is 0.517. The Hall–Kier alpha value is -0.520. The smallest absolute Gasteiger partial charge is 0.000477 e. The van der Waals surface area contributed by atoms with Crippen molar-refractivity contribution in [3.8, 4) is 0 Å². The first kappa shape index (κ1) is 17.5. The maximum atomic E-state index is 2.52. The molecule has 0 aromatic heterocycles. The van der Waals surface area contributed by atoms with Gasteiger partial charge in [-0.2, -0.15) is 0 Å². The van der Waals surface area contributed by atoms with E-state index >= 15 is 0 Å². The van der Waals surface area contributed by atoms with Crippen LogP contribution in [0.3, 0.4) is 0 Å². The predicted octanol–water partition coefficient (Wildman–Crippen LogP) is 6.49. The highest BCUT2D eigenvalue weighted by molar-refractivity contribution is 5.12. The summed E-state index contributed by atoms with van der Waals surface area (Å²) in [5.74, 6) is 2.82. The van der Waals surface area contributed by atoms with E-state index in [2.05, 4.69) is 79.7 Å². The predicted molar refractivity (Wildman–Crippen MR) is 91.7 cm³/mol. The molecule has 0 saturated heterocycles. The van der Waals surface area contributed by atoms with E-state index < -0.39 is 0 Å². The Bertz CT molecular complexity index is 343. The second-order valence-corrected chi connectivity index (χ2v) is 9.28. The number of rotatable bonds is 3. The topological polar surface area (TPSA) is 0 Å². The first-order valence-corrected chi connectivity index (χ1v) is 8.36. The highest BCUT2D eigenvalue weighted by atomic mass is 14.3. The fourth-order valence-electron chi connectivity index (χ4n) is 3.27. The number of hydrogen-bond donors (Lipinski definition) is 0. The van der Waals surface area contributed by atoms with Gasteiger partial charge in [-0.1, -0.05) is 79.7 Å². The van der Waals surface area contributed by atoms with Crippen molar-refractivity contribution in [2.45, 2.75) is 68.2 Å². The molecule has 0 amide bonds. The maximum absolute atomic E-state index is 2.52. The molecule has 0 N–H and O–H groups in total. The summed E-state index contributed by atoms with van der Waals surface area (Å²) in [6.45, 7) is 18.9. The molecular formula is C20H36. The van der Waals surface area contributed by atoms with Crippen LogP contribution in [0.4, 0.5) is 0 Å². The van der Waals surface area contributed by atoms with E-state index in [1.54, 1.807) is 0 Å². The normalized spacial score (nSPS) is 25.9. The monoisotopic (exact) mass is 276 g/mol. The average Bonchev–Trinajstić information content (AvgIpc) is 2.48. The molecule has 0 nitrogen and oxygen atoms in total. The van der Waals surface area contributed by atoms with Crippen LogP contribution in [0.15, 0.2) is 24.3 Å². The fraction of sp³-hybridized carbons (Fsp3) is 0.800. The molecule has 0 radical (unpaired) electrons. The summed E-state index contributed by atoms with van der Waals surface area (Å²) in [7, 11) is 0. The summed E-state index contributed by atoms with van der Waals surface area (Å²) in [4.78, 5) is 0. The van der Waals surface area contributed by atoms with Crippen LogP contribution in [0, 0.1) is 34.5 Å². The van der Waals surface area contributed by atoms with Gasteiger partial charge in [-0.25, -0.2) is 0 Å². The van der Waals surface area contributed by atoms with E-state index in [1.165, 1.54) is 12.8 Å². The first-order valence-electron chi connectivity index (χ1n) is 8.36. The fourth-order valence-corrected chi connectivity index (χ4v) is 3.27. The van der Waals surface area contributed by atoms with Gasteiger partial charge in [-0.3, -0.25) is 0 Å². The molecule has 1 aliphatic carbocycles. The van der Waals surface area contributed by atoms with Gasteiger partial charge in [0.25, 0.3) is 0 Å². The Morgan fingerprint density at radius 3 is 2.00 bits per heavy atom. The molecule has 20 heavy (non-hydrogen) atoms. The van der Waals surface area contributed by atoms with Crippen LogP contribution in [-0.4, -0.2) is 0 Å². The van der Waals surface area contributed by atoms with Gasteiger partial charge in [0.05, 0.1) is 0 Å². The average molecular weight is 277 g/mol. The van der Waals surface area contributed by atoms with Crippen molar-refractivity contribution in [1.82, 2.24) is 0 Å². The molecule has 3 atom stereocenters. The Balaban J connectivity index is 2.87. The van der Waals surface area contributed by atoms with Gasteiger partial charge in [0, 0.05) is 0 Å². The minimum absolute atomic E-state index is 0.333. The van der Waals surface area contributed by atoms with E-state index in [4.69, 9.17) is 0 Å². The molecule has 0 aromatic carbocycles. The van der Waals surface area contributed by atoms with Crippen molar-refractivity contribution < 1.29 is 0 Å². The molecule has 0 spiro atoms. The third-order valence-electron chi connectivity index (χ3n) is 4.57. The zero-order chi connectivity index (χ0) is 15.6. The van der Waals surface area contributed by atoms with E-state index in [-0.39, 0.29) is 0 Å². The van der Waals surface area contributed by atoms with Crippen LogP contribution >= 0.6 is 0 Å². The van der Waals surface area contributed by atoms with Crippen molar-refractivity contribution in [1.29, 1.82) is 0 Å². The van der Waals surface area contributed by atoms with Gasteiger partial charge < -0.3 is 0 Å². The largest absolute Gasteiger partial charge is 0.0873 e. The van der Waals surface area contributed by atoms with E-state index in [0.29, 0.717) is 22.7 Å². The maximum Gasteiger partial charge on any atom is -0.000477 e. The molecule has 1 aliphatic rings. The standard InChI is InChI=1S/C20H36/c1-15(2)18(14-19(3,4)5)16-10-9-11-17(13-12-16)20(6,7)8/h9,11-13,15-18H,10,14H2,1-8H3. The Morgan fingerprint density at radius 1 is 0.950 bits per heavy atom. The molecule has 0 aliphatic heterocycles. The first-order chi connectivity index (χ1) is 9.00. The van der Waals surface area contributed by atoms with Gasteiger partial charge in [-0.05, 0) is 47.3 Å². The molecule has 0 fully saturated rings. The van der Waals surface area contributed by atoms with Crippen LogP contribution in [0.25, 0.3) is 0 Å². The minimum atomic E-state index is 0.333. The molecule has 0 aromatic rings. The van der Waals surface area contributed by atoms with Crippen molar-refractivity contribution in [2.24, 2.45) is 34.5 Å². The lowest BCUT2D eigenvalue weighted by Gasteiger charge is -2.33. The summed E-state index contributed by atoms with van der Waals surface area (Å²) in [5.41, 5.74) is 0.751. The molecule has 3 unspecified atom stereocenters. The Kier molecular flexibility index (Phi) is 5.70. The van der Waals surface area contributed by atoms with Crippen LogP contribution in [0.1, 0.15) is 68.2 Å². The van der Waals surface area contributed by atoms with Gasteiger partial charge in [-0.15, -0.1) is 0 Å². The zero-order valence-corrected chi connectivity index (χ0v) is 15.0. The van der Waals surface area contributed by atoms with Crippen molar-refractivity contribution >= 4 is 0 Å². The van der Waals surface area contributed by atoms with Gasteiger partial charge >= 0.3 is 0 Å². The molecule has 0 heteroatoms. The Morgan fingerprint density at radius 2 is 1.55 bits per heavy atom. The molecule has 0 heterocycles. The summed E-state index contributed by atoms with van der Waals surface area (Å²) < 4.78 is 0. The van der Waals surface area contributed by atoms with Crippen LogP contribution in [0.2, 0.25) is 0 Å². The summed E-state index contributed by atoms with van der Waals surface area (Å²) >= 11 is 0. The zero-order valence-electron chi connectivity index (χ0n) is 15.0. The SMILES string of the molecule is CC(C)C(CC(C)(C)C)C1C=CC(C(C)(C)C)C=CC1. The Labute approximate surface area is 127 Å². The van der Waals surface area contributed by atoms with Gasteiger partial charge in [0.2, 0.25) is 0 Å². The summed E-state index contributed by atoms with van der Waals surface area (Å²) in [6, 6.07) is 0. The lowest BCUT2D eigenvalue weighted by Crippen LogP contribution is -2.24. The number of allylic oxidation sites excluding steroid dienone is 4. The van der Waals surface area contributed by atoms with Crippen LogP contribution in [-0.2, 0) is 0 Å².